The summed E-state index contributed by atoms with van der Waals surface area (Å²) in [6, 6.07) is 75.3. The largest absolute Gasteiger partial charge is 0.0610 e. The fourth-order valence-electron chi connectivity index (χ4n) is 24.1. The molecule has 0 heterocycles. The van der Waals surface area contributed by atoms with Gasteiger partial charge in [-0.2, -0.15) is 0 Å². The van der Waals surface area contributed by atoms with Gasteiger partial charge in [0.15, 0.2) is 0 Å². The first kappa shape index (κ1) is 40.6. The van der Waals surface area contributed by atoms with Crippen molar-refractivity contribution < 1.29 is 0 Å². The third kappa shape index (κ3) is 3.42. The summed E-state index contributed by atoms with van der Waals surface area (Å²) in [6.45, 7) is 0. The van der Waals surface area contributed by atoms with Crippen molar-refractivity contribution in [1.82, 2.24) is 0 Å². The second-order valence-electron chi connectivity index (χ2n) is 29.7. The van der Waals surface area contributed by atoms with Crippen molar-refractivity contribution in [1.29, 1.82) is 0 Å². The lowest BCUT2D eigenvalue weighted by atomic mass is 9.70. The molecule has 0 bridgehead atoms. The molecular weight excluding hydrogens is 1110 g/mol. The maximum Gasteiger partial charge on any atom is -0.0000906 e. The van der Waals surface area contributed by atoms with E-state index >= 15 is 0 Å². The third-order valence-corrected chi connectivity index (χ3v) is 26.4. The quantitative estimate of drug-likeness (QED) is 0.105. The summed E-state index contributed by atoms with van der Waals surface area (Å²) in [7, 11) is 0. The predicted octanol–water partition coefficient (Wildman–Crippen LogP) is 26.8. The van der Waals surface area contributed by atoms with Gasteiger partial charge in [0.25, 0.3) is 0 Å². The highest BCUT2D eigenvalue weighted by molar-refractivity contribution is 6.67. The first-order valence-corrected chi connectivity index (χ1v) is 33.1. The van der Waals surface area contributed by atoms with Gasteiger partial charge in [0, 0.05) is 0 Å². The van der Waals surface area contributed by atoms with Crippen molar-refractivity contribution in [3.63, 3.8) is 0 Å². The Kier molecular flexibility index (Phi) is 5.10. The number of hydrogen-bond donors (Lipinski definition) is 0. The van der Waals surface area contributed by atoms with Crippen molar-refractivity contribution in [2.45, 2.75) is 0 Å². The number of fused-ring (bicyclic) bond motifs is 2. The SMILES string of the molecule is c1cc2cc3cc4cc5cc6cc7cc8cc9cc%10cc%11cccc%12c%13cccc%14cc%15cc%16cc%17cc%18cc%19cc%20cc%21cc%22cc%23cccc%24c(c1)c2c1c3c2c4c3c5c4c6c5c7c6c8c7c9c8c%10c(c%11%12)c(c%14%13)c%15c8c%16c7c%17c6c%18c5c%19c4c%20c3c%21c2c%22c1c%23%24. The monoisotopic (exact) mass is 1130 g/mol. The summed E-state index contributed by atoms with van der Waals surface area (Å²) in [6.07, 6.45) is 0. The zero-order chi connectivity index (χ0) is 57.0. The lowest BCUT2D eigenvalue weighted by molar-refractivity contribution is 1.82. The van der Waals surface area contributed by atoms with Crippen molar-refractivity contribution in [3.8, 4) is 0 Å². The molecule has 0 spiro atoms. The van der Waals surface area contributed by atoms with Crippen LogP contribution in [0.4, 0.5) is 0 Å². The molecule has 32 aromatic rings. The van der Waals surface area contributed by atoms with Gasteiger partial charge in [-0.15, -0.1) is 0 Å². The lowest BCUT2D eigenvalue weighted by Gasteiger charge is -2.32. The summed E-state index contributed by atoms with van der Waals surface area (Å²) < 4.78 is 0. The van der Waals surface area contributed by atoms with Crippen LogP contribution in [0.2, 0.25) is 0 Å². The fourth-order valence-corrected chi connectivity index (χ4v) is 24.1. The average Bonchev–Trinajstić information content (AvgIpc) is 0.638. The van der Waals surface area contributed by atoms with Crippen LogP contribution in [0.3, 0.4) is 0 Å². The van der Waals surface area contributed by atoms with Crippen LogP contribution in [0.1, 0.15) is 0 Å². The molecule has 0 heteroatoms. The molecule has 0 aromatic heterocycles. The molecule has 0 saturated heterocycles. The molecule has 0 atom stereocenters. The standard InChI is InChI=1S/C92H30/c1-5-31-13-35-17-39-21-43-25-47-29-48-27-45-23-41-19-37-15-33-7-3-11-53-54-12-4-8-34-16-38-20-42-24-46-28-50-30-49-26-44-22-40-18-36-14-32-6-2-10-52-51(9-1)55(31)75-59(35)79-63(39)83-67(43)87-71(47)91-73(48)89-69(45)85-65(41)81-61(37)77(57(33)53)78(58(34)54)62(38)82(81)66(42)86(85)70(46)90(89)74(50)92(91)72(49)88(87)68(44)84(83)64(40)80(79)60(36)76(75)56(32)52/h1-30H. The minimum Gasteiger partial charge on any atom is -0.0610 e. The van der Waals surface area contributed by atoms with E-state index < -0.39 is 0 Å². The van der Waals surface area contributed by atoms with E-state index in [1.165, 1.54) is 334 Å². The zero-order valence-electron chi connectivity index (χ0n) is 48.3. The van der Waals surface area contributed by atoms with Crippen LogP contribution in [-0.4, -0.2) is 0 Å². The van der Waals surface area contributed by atoms with E-state index in [0.717, 1.165) is 0 Å². The lowest BCUT2D eigenvalue weighted by Crippen LogP contribution is -2.03. The molecule has 0 unspecified atom stereocenters. The van der Waals surface area contributed by atoms with Crippen LogP contribution >= 0.6 is 0 Å². The maximum atomic E-state index is 2.65. The van der Waals surface area contributed by atoms with Gasteiger partial charge in [-0.1, -0.05) is 72.8 Å². The van der Waals surface area contributed by atoms with E-state index in [2.05, 4.69) is 182 Å². The van der Waals surface area contributed by atoms with Crippen LogP contribution in [0.5, 0.6) is 0 Å². The second kappa shape index (κ2) is 11.6. The summed E-state index contributed by atoms with van der Waals surface area (Å²) >= 11 is 0. The van der Waals surface area contributed by atoms with Gasteiger partial charge >= 0.3 is 0 Å². The van der Waals surface area contributed by atoms with Gasteiger partial charge < -0.3 is 0 Å². The Morgan fingerprint density at radius 1 is 0.0870 bits per heavy atom. The topological polar surface area (TPSA) is 0 Å². The molecule has 0 nitrogen and oxygen atoms in total. The zero-order valence-corrected chi connectivity index (χ0v) is 48.3. The van der Waals surface area contributed by atoms with Gasteiger partial charge in [0.05, 0.1) is 0 Å². The number of rotatable bonds is 0. The van der Waals surface area contributed by atoms with Crippen molar-refractivity contribution in [2.24, 2.45) is 0 Å². The third-order valence-electron chi connectivity index (χ3n) is 26.4. The van der Waals surface area contributed by atoms with Crippen LogP contribution in [-0.2, 0) is 0 Å². The molecule has 398 valence electrons. The summed E-state index contributed by atoms with van der Waals surface area (Å²) in [5.41, 5.74) is 0. The Morgan fingerprint density at radius 2 is 0.196 bits per heavy atom. The van der Waals surface area contributed by atoms with Crippen LogP contribution in [0.15, 0.2) is 182 Å². The van der Waals surface area contributed by atoms with Gasteiger partial charge in [0.2, 0.25) is 0 Å². The van der Waals surface area contributed by atoms with Crippen LogP contribution < -0.4 is 0 Å². The smallest absolute Gasteiger partial charge is 0.0000906 e. The molecule has 0 radical (unpaired) electrons. The minimum atomic E-state index is 1.34. The fraction of sp³-hybridized carbons (Fsp3) is 0. The van der Waals surface area contributed by atoms with Gasteiger partial charge in [-0.05, 0) is 443 Å². The second-order valence-corrected chi connectivity index (χ2v) is 29.7. The highest BCUT2D eigenvalue weighted by Gasteiger charge is 2.38. The Balaban J connectivity index is 0.869. The maximum absolute atomic E-state index is 2.65. The molecule has 0 aliphatic rings. The summed E-state index contributed by atoms with van der Waals surface area (Å²) in [4.78, 5) is 0. The Labute approximate surface area is 512 Å². The highest BCUT2D eigenvalue weighted by Crippen LogP contribution is 2.67. The van der Waals surface area contributed by atoms with E-state index in [1.54, 1.807) is 0 Å². The average molecular weight is 1140 g/mol. The van der Waals surface area contributed by atoms with Crippen LogP contribution in [0, 0.1) is 0 Å². The molecule has 0 aliphatic carbocycles. The van der Waals surface area contributed by atoms with Crippen molar-refractivity contribution >= 4 is 334 Å². The first-order valence-electron chi connectivity index (χ1n) is 33.1. The molecule has 0 fully saturated rings. The normalized spacial score (nSPS) is 14.7. The van der Waals surface area contributed by atoms with Crippen LogP contribution in [0.25, 0.3) is 334 Å². The first-order chi connectivity index (χ1) is 45.6. The van der Waals surface area contributed by atoms with Gasteiger partial charge in [0.1, 0.15) is 0 Å². The van der Waals surface area contributed by atoms with E-state index in [9.17, 15) is 0 Å². The molecule has 0 N–H and O–H groups in total. The number of benzene rings is 32. The molecule has 0 aliphatic heterocycles. The molecule has 92 heavy (non-hydrogen) atoms. The van der Waals surface area contributed by atoms with Crippen molar-refractivity contribution in [3.05, 3.63) is 182 Å². The predicted molar refractivity (Wildman–Crippen MR) is 402 cm³/mol. The Hall–Kier alpha value is -12.0. The Bertz CT molecular complexity index is 8080. The Morgan fingerprint density at radius 3 is 0.326 bits per heavy atom. The minimum absolute atomic E-state index is 1.34. The highest BCUT2D eigenvalue weighted by atomic mass is 14.4. The van der Waals surface area contributed by atoms with E-state index in [-0.39, 0.29) is 0 Å². The van der Waals surface area contributed by atoms with Gasteiger partial charge in [-0.3, -0.25) is 0 Å². The summed E-state index contributed by atoms with van der Waals surface area (Å²) in [5, 5.41) is 88.1. The summed E-state index contributed by atoms with van der Waals surface area (Å²) in [5.74, 6) is 0. The van der Waals surface area contributed by atoms with E-state index in [1.807, 2.05) is 0 Å². The molecule has 32 aromatic carbocycles. The van der Waals surface area contributed by atoms with E-state index in [4.69, 9.17) is 0 Å². The molecule has 0 saturated carbocycles. The molecular formula is C92H30. The van der Waals surface area contributed by atoms with E-state index in [0.29, 0.717) is 0 Å². The number of hydrogen-bond acceptors (Lipinski definition) is 0. The molecule has 0 amide bonds. The van der Waals surface area contributed by atoms with Gasteiger partial charge in [-0.25, -0.2) is 0 Å². The molecule has 32 rings (SSSR count). The van der Waals surface area contributed by atoms with Crippen molar-refractivity contribution in [2.75, 3.05) is 0 Å².